The van der Waals surface area contributed by atoms with E-state index in [9.17, 15) is 9.59 Å². The number of piperazine rings is 1. The molecular formula is C23H30ClN5O2. The molecule has 2 amide bonds. The van der Waals surface area contributed by atoms with Crippen LogP contribution in [0.2, 0.25) is 5.02 Å². The molecule has 2 aromatic rings. The number of hydrogen-bond donors (Lipinski definition) is 2. The van der Waals surface area contributed by atoms with E-state index in [-0.39, 0.29) is 6.04 Å². The van der Waals surface area contributed by atoms with Crippen LogP contribution in [0.25, 0.3) is 0 Å². The summed E-state index contributed by atoms with van der Waals surface area (Å²) in [6, 6.07) is 15.0. The molecule has 1 heterocycles. The number of nitrogens with zero attached hydrogens (tertiary/aromatic N) is 3. The van der Waals surface area contributed by atoms with E-state index in [0.29, 0.717) is 17.3 Å². The molecule has 1 aliphatic rings. The van der Waals surface area contributed by atoms with Crippen LogP contribution in [-0.4, -0.2) is 75.5 Å². The standard InChI is InChI=1S/C23H30ClN5O2/c1-27(2)20-10-4-17(5-11-20)21(29-14-12-28(3)13-15-29)16-25-22(30)23(31)26-19-8-6-18(24)7-9-19/h4-11,21H,12-16H2,1-3H3,(H,25,30)(H,26,31)/t21-/m1/s1. The molecule has 7 nitrogen and oxygen atoms in total. The van der Waals surface area contributed by atoms with Crippen molar-refractivity contribution in [3.8, 4) is 0 Å². The third-order valence-corrected chi connectivity index (χ3v) is 5.79. The second kappa shape index (κ2) is 10.6. The molecule has 2 N–H and O–H groups in total. The van der Waals surface area contributed by atoms with Crippen molar-refractivity contribution in [2.24, 2.45) is 0 Å². The summed E-state index contributed by atoms with van der Waals surface area (Å²) in [7, 11) is 6.13. The van der Waals surface area contributed by atoms with Gasteiger partial charge in [0.1, 0.15) is 0 Å². The highest BCUT2D eigenvalue weighted by Crippen LogP contribution is 2.24. The van der Waals surface area contributed by atoms with E-state index in [1.165, 1.54) is 0 Å². The molecule has 1 saturated heterocycles. The zero-order chi connectivity index (χ0) is 22.4. The van der Waals surface area contributed by atoms with Crippen molar-refractivity contribution in [3.05, 3.63) is 59.1 Å². The van der Waals surface area contributed by atoms with Crippen LogP contribution >= 0.6 is 11.6 Å². The summed E-state index contributed by atoms with van der Waals surface area (Å²) in [5, 5.41) is 5.99. The smallest absolute Gasteiger partial charge is 0.313 e. The summed E-state index contributed by atoms with van der Waals surface area (Å²) in [6.07, 6.45) is 0. The summed E-state index contributed by atoms with van der Waals surface area (Å²) in [6.45, 7) is 4.11. The van der Waals surface area contributed by atoms with Crippen LogP contribution in [-0.2, 0) is 9.59 Å². The Balaban J connectivity index is 1.66. The van der Waals surface area contributed by atoms with Crippen molar-refractivity contribution in [2.45, 2.75) is 6.04 Å². The SMILES string of the molecule is CN1CCN([C@H](CNC(=O)C(=O)Nc2ccc(Cl)cc2)c2ccc(N(C)C)cc2)CC1. The zero-order valence-electron chi connectivity index (χ0n) is 18.3. The van der Waals surface area contributed by atoms with E-state index in [1.54, 1.807) is 24.3 Å². The molecule has 1 aliphatic heterocycles. The van der Waals surface area contributed by atoms with Crippen molar-refractivity contribution >= 4 is 34.8 Å². The minimum atomic E-state index is -0.692. The number of nitrogens with one attached hydrogen (secondary N) is 2. The van der Waals surface area contributed by atoms with Crippen LogP contribution in [0, 0.1) is 0 Å². The first kappa shape index (κ1) is 23.1. The second-order valence-electron chi connectivity index (χ2n) is 8.01. The maximum absolute atomic E-state index is 12.4. The lowest BCUT2D eigenvalue weighted by Crippen LogP contribution is -2.49. The fourth-order valence-electron chi connectivity index (χ4n) is 3.58. The molecule has 0 saturated carbocycles. The predicted molar refractivity (Wildman–Crippen MR) is 126 cm³/mol. The number of rotatable bonds is 6. The lowest BCUT2D eigenvalue weighted by molar-refractivity contribution is -0.136. The molecular weight excluding hydrogens is 414 g/mol. The van der Waals surface area contributed by atoms with Gasteiger partial charge >= 0.3 is 11.8 Å². The summed E-state index contributed by atoms with van der Waals surface area (Å²) in [4.78, 5) is 31.5. The fourth-order valence-corrected chi connectivity index (χ4v) is 3.70. The van der Waals surface area contributed by atoms with Gasteiger partial charge in [-0.2, -0.15) is 0 Å². The van der Waals surface area contributed by atoms with E-state index in [1.807, 2.05) is 14.1 Å². The highest BCUT2D eigenvalue weighted by molar-refractivity contribution is 6.39. The van der Waals surface area contributed by atoms with Crippen LogP contribution in [0.5, 0.6) is 0 Å². The molecule has 1 fully saturated rings. The predicted octanol–water partition coefficient (Wildman–Crippen LogP) is 2.45. The number of halogens is 1. The molecule has 3 rings (SSSR count). The Bertz CT molecular complexity index is 878. The highest BCUT2D eigenvalue weighted by Gasteiger charge is 2.25. The number of carbonyl (C=O) groups excluding carboxylic acids is 2. The minimum absolute atomic E-state index is 0.00260. The van der Waals surface area contributed by atoms with Gasteiger partial charge in [0, 0.05) is 63.2 Å². The van der Waals surface area contributed by atoms with Crippen LogP contribution in [0.1, 0.15) is 11.6 Å². The van der Waals surface area contributed by atoms with Crippen molar-refractivity contribution < 1.29 is 9.59 Å². The molecule has 166 valence electrons. The van der Waals surface area contributed by atoms with Crippen LogP contribution in [0.4, 0.5) is 11.4 Å². The average Bonchev–Trinajstić information content (AvgIpc) is 2.76. The van der Waals surface area contributed by atoms with Gasteiger partial charge in [0.15, 0.2) is 0 Å². The van der Waals surface area contributed by atoms with Gasteiger partial charge < -0.3 is 20.4 Å². The molecule has 0 aromatic heterocycles. The van der Waals surface area contributed by atoms with Crippen LogP contribution in [0.3, 0.4) is 0 Å². The van der Waals surface area contributed by atoms with Crippen LogP contribution < -0.4 is 15.5 Å². The third kappa shape index (κ3) is 6.43. The topological polar surface area (TPSA) is 67.9 Å². The third-order valence-electron chi connectivity index (χ3n) is 5.54. The first-order valence-electron chi connectivity index (χ1n) is 10.4. The summed E-state index contributed by atoms with van der Waals surface area (Å²) in [5.41, 5.74) is 2.76. The van der Waals surface area contributed by atoms with Gasteiger partial charge in [-0.25, -0.2) is 0 Å². The van der Waals surface area contributed by atoms with Crippen LogP contribution in [0.15, 0.2) is 48.5 Å². The number of benzene rings is 2. The van der Waals surface area contributed by atoms with Gasteiger partial charge in [-0.05, 0) is 49.0 Å². The zero-order valence-corrected chi connectivity index (χ0v) is 19.0. The largest absolute Gasteiger partial charge is 0.378 e. The van der Waals surface area contributed by atoms with E-state index in [0.717, 1.165) is 37.4 Å². The quantitative estimate of drug-likeness (QED) is 0.671. The molecule has 0 bridgehead atoms. The minimum Gasteiger partial charge on any atom is -0.378 e. The Morgan fingerprint density at radius 1 is 0.968 bits per heavy atom. The fraction of sp³-hybridized carbons (Fsp3) is 0.391. The lowest BCUT2D eigenvalue weighted by Gasteiger charge is -2.38. The summed E-state index contributed by atoms with van der Waals surface area (Å²) < 4.78 is 0. The van der Waals surface area contributed by atoms with Gasteiger partial charge in [0.25, 0.3) is 0 Å². The molecule has 1 atom stereocenters. The Kier molecular flexibility index (Phi) is 7.90. The van der Waals surface area contributed by atoms with E-state index < -0.39 is 11.8 Å². The van der Waals surface area contributed by atoms with E-state index >= 15 is 0 Å². The Morgan fingerprint density at radius 2 is 1.58 bits per heavy atom. The van der Waals surface area contributed by atoms with Crippen molar-refractivity contribution in [3.63, 3.8) is 0 Å². The monoisotopic (exact) mass is 443 g/mol. The van der Waals surface area contributed by atoms with Gasteiger partial charge in [0.2, 0.25) is 0 Å². The average molecular weight is 444 g/mol. The molecule has 0 radical (unpaired) electrons. The Hall–Kier alpha value is -2.61. The maximum atomic E-state index is 12.4. The Labute approximate surface area is 189 Å². The summed E-state index contributed by atoms with van der Waals surface area (Å²) in [5.74, 6) is -1.35. The van der Waals surface area contributed by atoms with Crippen molar-refractivity contribution in [2.75, 3.05) is 64.1 Å². The number of likely N-dealkylation sites (N-methyl/N-ethyl adjacent to an activating group) is 1. The lowest BCUT2D eigenvalue weighted by atomic mass is 10.0. The first-order chi connectivity index (χ1) is 14.8. The normalized spacial score (nSPS) is 15.9. The second-order valence-corrected chi connectivity index (χ2v) is 8.45. The Morgan fingerprint density at radius 3 is 2.16 bits per heavy atom. The van der Waals surface area contributed by atoms with Gasteiger partial charge in [0.05, 0.1) is 6.04 Å². The molecule has 31 heavy (non-hydrogen) atoms. The van der Waals surface area contributed by atoms with E-state index in [4.69, 9.17) is 11.6 Å². The number of anilines is 2. The van der Waals surface area contributed by atoms with E-state index in [2.05, 4.69) is 56.6 Å². The molecule has 0 aliphatic carbocycles. The first-order valence-corrected chi connectivity index (χ1v) is 10.8. The maximum Gasteiger partial charge on any atom is 0.313 e. The van der Waals surface area contributed by atoms with Gasteiger partial charge in [-0.1, -0.05) is 23.7 Å². The van der Waals surface area contributed by atoms with Gasteiger partial charge in [-0.3, -0.25) is 14.5 Å². The number of amides is 2. The van der Waals surface area contributed by atoms with Crippen molar-refractivity contribution in [1.29, 1.82) is 0 Å². The number of carbonyl (C=O) groups is 2. The molecule has 2 aromatic carbocycles. The van der Waals surface area contributed by atoms with Gasteiger partial charge in [-0.15, -0.1) is 0 Å². The molecule has 0 unspecified atom stereocenters. The van der Waals surface area contributed by atoms with Crippen molar-refractivity contribution in [1.82, 2.24) is 15.1 Å². The molecule has 8 heteroatoms. The molecule has 0 spiro atoms. The number of hydrogen-bond acceptors (Lipinski definition) is 5. The highest BCUT2D eigenvalue weighted by atomic mass is 35.5. The summed E-state index contributed by atoms with van der Waals surface area (Å²) >= 11 is 5.86.